The second-order valence-electron chi connectivity index (χ2n) is 9.36. The molecule has 3 heterocycles. The van der Waals surface area contributed by atoms with Gasteiger partial charge >= 0.3 is 0 Å². The Kier molecular flexibility index (Phi) is 5.25. The number of aromatic nitrogens is 4. The number of fused-ring (bicyclic) bond motifs is 1. The first-order chi connectivity index (χ1) is 15.3. The third kappa shape index (κ3) is 3.91. The van der Waals surface area contributed by atoms with Crippen LogP contribution < -0.4 is 10.2 Å². The van der Waals surface area contributed by atoms with Gasteiger partial charge in [-0.15, -0.1) is 0 Å². The number of alkyl halides is 2. The highest BCUT2D eigenvalue weighted by Crippen LogP contribution is 2.44. The number of aromatic amines is 1. The van der Waals surface area contributed by atoms with Crippen LogP contribution >= 0.6 is 0 Å². The van der Waals surface area contributed by atoms with Crippen LogP contribution in [0.5, 0.6) is 0 Å². The van der Waals surface area contributed by atoms with Crippen molar-refractivity contribution in [1.82, 2.24) is 25.1 Å². The van der Waals surface area contributed by atoms with Gasteiger partial charge in [-0.1, -0.05) is 0 Å². The van der Waals surface area contributed by atoms with Gasteiger partial charge in [0.05, 0.1) is 5.69 Å². The Bertz CT molecular complexity index is 1020. The van der Waals surface area contributed by atoms with Crippen LogP contribution in [0.4, 0.5) is 26.4 Å². The largest absolute Gasteiger partial charge is 0.347 e. The second-order valence-corrected chi connectivity index (χ2v) is 9.36. The van der Waals surface area contributed by atoms with Gasteiger partial charge in [-0.05, 0) is 38.5 Å². The van der Waals surface area contributed by atoms with Gasteiger partial charge in [-0.25, -0.2) is 13.8 Å². The molecule has 32 heavy (non-hydrogen) atoms. The number of anilines is 3. The standard InChI is InChI=1S/C22H29F2N7O/c1-30(2)20(32)17-7-4-10-31(17)21-25-15-6-3-5-14(15)19(27-21)26-18-11-16(28-29-18)13-8-9-22(23,24)12-13/h11,13,17H,3-10,12H2,1-2H3,(H2,25,26,27,28,29)/t13-,17-/m1/s1. The number of nitrogens with zero attached hydrogens (tertiary/aromatic N) is 5. The van der Waals surface area contributed by atoms with Gasteiger partial charge in [0.25, 0.3) is 0 Å². The van der Waals surface area contributed by atoms with Crippen molar-refractivity contribution in [3.8, 4) is 0 Å². The number of hydrogen-bond acceptors (Lipinski definition) is 6. The third-order valence-electron chi connectivity index (χ3n) is 6.84. The molecular weight excluding hydrogens is 416 g/mol. The van der Waals surface area contributed by atoms with Crippen LogP contribution in [0.25, 0.3) is 0 Å². The molecule has 0 radical (unpaired) electrons. The topological polar surface area (TPSA) is 90.0 Å². The number of H-pyrrole nitrogens is 1. The molecule has 1 saturated heterocycles. The molecule has 2 N–H and O–H groups in total. The number of aryl methyl sites for hydroxylation is 1. The number of nitrogens with one attached hydrogen (secondary N) is 2. The van der Waals surface area contributed by atoms with E-state index in [4.69, 9.17) is 9.97 Å². The number of halogens is 2. The SMILES string of the molecule is CN(C)C(=O)[C@H]1CCCN1c1nc2c(c(Nc3cc([C@@H]4CCC(F)(F)C4)[nH]n3)n1)CCC2. The van der Waals surface area contributed by atoms with Crippen molar-refractivity contribution in [2.24, 2.45) is 0 Å². The Balaban J connectivity index is 1.40. The van der Waals surface area contributed by atoms with E-state index in [1.807, 2.05) is 11.0 Å². The number of carbonyl (C=O) groups excluding carboxylic acids is 1. The molecule has 1 amide bonds. The van der Waals surface area contributed by atoms with E-state index in [-0.39, 0.29) is 30.7 Å². The summed E-state index contributed by atoms with van der Waals surface area (Å²) >= 11 is 0. The highest BCUT2D eigenvalue weighted by molar-refractivity contribution is 5.85. The Morgan fingerprint density at radius 2 is 2.09 bits per heavy atom. The predicted molar refractivity (Wildman–Crippen MR) is 117 cm³/mol. The molecule has 0 bridgehead atoms. The average molecular weight is 446 g/mol. The van der Waals surface area contributed by atoms with E-state index in [9.17, 15) is 13.6 Å². The quantitative estimate of drug-likeness (QED) is 0.733. The van der Waals surface area contributed by atoms with E-state index in [1.165, 1.54) is 0 Å². The fourth-order valence-electron chi connectivity index (χ4n) is 5.16. The van der Waals surface area contributed by atoms with E-state index < -0.39 is 5.92 Å². The van der Waals surface area contributed by atoms with Crippen LogP contribution in [0.3, 0.4) is 0 Å². The number of rotatable bonds is 5. The van der Waals surface area contributed by atoms with Crippen LogP contribution in [-0.4, -0.2) is 63.6 Å². The van der Waals surface area contributed by atoms with Crippen molar-refractivity contribution in [1.29, 1.82) is 0 Å². The molecule has 2 aliphatic carbocycles. The van der Waals surface area contributed by atoms with Crippen molar-refractivity contribution in [2.75, 3.05) is 30.9 Å². The van der Waals surface area contributed by atoms with Crippen LogP contribution in [0.15, 0.2) is 6.07 Å². The maximum absolute atomic E-state index is 13.6. The number of carbonyl (C=O) groups is 1. The van der Waals surface area contributed by atoms with E-state index in [0.717, 1.165) is 55.6 Å². The molecule has 172 valence electrons. The molecule has 3 aliphatic rings. The maximum atomic E-state index is 13.6. The van der Waals surface area contributed by atoms with E-state index in [0.29, 0.717) is 24.0 Å². The lowest BCUT2D eigenvalue weighted by molar-refractivity contribution is -0.129. The maximum Gasteiger partial charge on any atom is 0.248 e. The van der Waals surface area contributed by atoms with Crippen LogP contribution in [0.1, 0.15) is 61.4 Å². The van der Waals surface area contributed by atoms with E-state index >= 15 is 0 Å². The first-order valence-electron chi connectivity index (χ1n) is 11.4. The average Bonchev–Trinajstić information content (AvgIpc) is 3.53. The zero-order chi connectivity index (χ0) is 22.5. The molecular formula is C22H29F2N7O. The van der Waals surface area contributed by atoms with Gasteiger partial charge in [-0.3, -0.25) is 9.89 Å². The fraction of sp³-hybridized carbons (Fsp3) is 0.636. The Labute approximate surface area is 185 Å². The fourth-order valence-corrected chi connectivity index (χ4v) is 5.16. The van der Waals surface area contributed by atoms with Crippen LogP contribution in [-0.2, 0) is 17.6 Å². The van der Waals surface area contributed by atoms with Crippen LogP contribution in [0, 0.1) is 0 Å². The van der Waals surface area contributed by atoms with E-state index in [2.05, 4.69) is 15.5 Å². The molecule has 2 atom stereocenters. The lowest BCUT2D eigenvalue weighted by atomic mass is 10.0. The normalized spacial score (nSPS) is 24.1. The molecule has 0 aromatic carbocycles. The lowest BCUT2D eigenvalue weighted by Crippen LogP contribution is -2.43. The van der Waals surface area contributed by atoms with Crippen molar-refractivity contribution in [3.05, 3.63) is 23.0 Å². The highest BCUT2D eigenvalue weighted by Gasteiger charge is 2.40. The molecule has 8 nitrogen and oxygen atoms in total. The van der Waals surface area contributed by atoms with Crippen molar-refractivity contribution in [3.63, 3.8) is 0 Å². The van der Waals surface area contributed by atoms with Gasteiger partial charge < -0.3 is 15.1 Å². The third-order valence-corrected chi connectivity index (χ3v) is 6.84. The predicted octanol–water partition coefficient (Wildman–Crippen LogP) is 3.39. The van der Waals surface area contributed by atoms with Gasteiger partial charge in [0.15, 0.2) is 5.82 Å². The molecule has 2 aromatic rings. The summed E-state index contributed by atoms with van der Waals surface area (Å²) < 4.78 is 27.2. The number of likely N-dealkylation sites (N-methyl/N-ethyl adjacent to an activating group) is 1. The van der Waals surface area contributed by atoms with Gasteiger partial charge in [0, 0.05) is 56.7 Å². The van der Waals surface area contributed by atoms with Gasteiger partial charge in [0.2, 0.25) is 17.8 Å². The van der Waals surface area contributed by atoms with Crippen molar-refractivity contribution >= 4 is 23.5 Å². The monoisotopic (exact) mass is 445 g/mol. The van der Waals surface area contributed by atoms with Gasteiger partial charge in [0.1, 0.15) is 11.9 Å². The summed E-state index contributed by atoms with van der Waals surface area (Å²) in [6, 6.07) is 1.56. The van der Waals surface area contributed by atoms with E-state index in [1.54, 1.807) is 19.0 Å². The van der Waals surface area contributed by atoms with Crippen molar-refractivity contribution < 1.29 is 13.6 Å². The second kappa shape index (κ2) is 7.97. The zero-order valence-corrected chi connectivity index (χ0v) is 18.5. The smallest absolute Gasteiger partial charge is 0.248 e. The Morgan fingerprint density at radius 1 is 1.25 bits per heavy atom. The molecule has 10 heteroatoms. The number of hydrogen-bond donors (Lipinski definition) is 2. The molecule has 1 saturated carbocycles. The molecule has 5 rings (SSSR count). The zero-order valence-electron chi connectivity index (χ0n) is 18.5. The minimum absolute atomic E-state index is 0.0615. The highest BCUT2D eigenvalue weighted by atomic mass is 19.3. The summed E-state index contributed by atoms with van der Waals surface area (Å²) in [5.74, 6) is -0.913. The summed E-state index contributed by atoms with van der Waals surface area (Å²) in [4.78, 5) is 25.9. The first-order valence-corrected chi connectivity index (χ1v) is 11.4. The molecule has 2 aromatic heterocycles. The minimum Gasteiger partial charge on any atom is -0.347 e. The Hall–Kier alpha value is -2.78. The Morgan fingerprint density at radius 3 is 2.84 bits per heavy atom. The van der Waals surface area contributed by atoms with Crippen LogP contribution in [0.2, 0.25) is 0 Å². The van der Waals surface area contributed by atoms with Crippen molar-refractivity contribution in [2.45, 2.75) is 69.2 Å². The molecule has 2 fully saturated rings. The number of amides is 1. The summed E-state index contributed by atoms with van der Waals surface area (Å²) in [5, 5.41) is 10.5. The molecule has 0 unspecified atom stereocenters. The summed E-state index contributed by atoms with van der Waals surface area (Å²) in [7, 11) is 3.54. The summed E-state index contributed by atoms with van der Waals surface area (Å²) in [6.45, 7) is 0.741. The van der Waals surface area contributed by atoms with Gasteiger partial charge in [-0.2, -0.15) is 10.1 Å². The minimum atomic E-state index is -2.60. The molecule has 1 aliphatic heterocycles. The first kappa shape index (κ1) is 21.1. The lowest BCUT2D eigenvalue weighted by Gasteiger charge is -2.27. The molecule has 0 spiro atoms. The summed E-state index contributed by atoms with van der Waals surface area (Å²) in [6.07, 6.45) is 4.70. The summed E-state index contributed by atoms with van der Waals surface area (Å²) in [5.41, 5.74) is 2.80.